The molecule has 0 aliphatic carbocycles. The van der Waals surface area contributed by atoms with Gasteiger partial charge in [0.15, 0.2) is 21.3 Å². The first-order valence-corrected chi connectivity index (χ1v) is 8.79. The molecule has 0 aromatic carbocycles. The quantitative estimate of drug-likeness (QED) is 0.742. The van der Waals surface area contributed by atoms with Crippen molar-refractivity contribution in [3.63, 3.8) is 0 Å². The highest BCUT2D eigenvalue weighted by molar-refractivity contribution is 7.91. The second kappa shape index (κ2) is 5.47. The van der Waals surface area contributed by atoms with Crippen LogP contribution < -0.4 is 10.6 Å². The summed E-state index contributed by atoms with van der Waals surface area (Å²) in [7, 11) is -2.85. The number of rotatable bonds is 5. The Morgan fingerprint density at radius 2 is 2.24 bits per heavy atom. The molecular weight excluding hydrogens is 292 g/mol. The molecule has 0 saturated carbocycles. The van der Waals surface area contributed by atoms with Crippen molar-refractivity contribution in [1.82, 2.24) is 19.9 Å². The lowest BCUT2D eigenvalue weighted by Crippen LogP contribution is -2.17. The van der Waals surface area contributed by atoms with Gasteiger partial charge < -0.3 is 15.6 Å². The summed E-state index contributed by atoms with van der Waals surface area (Å²) >= 11 is 0. The van der Waals surface area contributed by atoms with Crippen LogP contribution in [0.5, 0.6) is 0 Å². The lowest BCUT2D eigenvalue weighted by molar-refractivity contribution is 0.596. The van der Waals surface area contributed by atoms with Gasteiger partial charge in [0.1, 0.15) is 5.52 Å². The highest BCUT2D eigenvalue weighted by Crippen LogP contribution is 2.22. The molecular formula is C12H18N6O2S. The smallest absolute Gasteiger partial charge is 0.226 e. The molecule has 8 nitrogen and oxygen atoms in total. The van der Waals surface area contributed by atoms with E-state index in [0.717, 1.165) is 12.1 Å². The van der Waals surface area contributed by atoms with Gasteiger partial charge in [-0.15, -0.1) is 0 Å². The minimum Gasteiger partial charge on any atom is -0.368 e. The van der Waals surface area contributed by atoms with Crippen LogP contribution >= 0.6 is 0 Å². The van der Waals surface area contributed by atoms with Crippen molar-refractivity contribution in [2.45, 2.75) is 13.3 Å². The number of anilines is 2. The molecule has 114 valence electrons. The normalized spacial score (nSPS) is 20.7. The summed E-state index contributed by atoms with van der Waals surface area (Å²) in [6.45, 7) is 3.26. The number of fused-ring (bicyclic) bond motifs is 1. The van der Waals surface area contributed by atoms with Crippen LogP contribution in [0.15, 0.2) is 6.33 Å². The average Bonchev–Trinajstić information content (AvgIpc) is 3.02. The Hall–Kier alpha value is -1.90. The van der Waals surface area contributed by atoms with Crippen molar-refractivity contribution >= 4 is 32.8 Å². The van der Waals surface area contributed by atoms with Gasteiger partial charge in [-0.05, 0) is 19.3 Å². The predicted octanol–water partition coefficient (Wildman–Crippen LogP) is 0.631. The number of aromatic nitrogens is 4. The Labute approximate surface area is 122 Å². The lowest BCUT2D eigenvalue weighted by atomic mass is 10.1. The molecule has 0 amide bonds. The summed E-state index contributed by atoms with van der Waals surface area (Å²) in [5.74, 6) is 1.82. The van der Waals surface area contributed by atoms with Gasteiger partial charge in [0.25, 0.3) is 0 Å². The summed E-state index contributed by atoms with van der Waals surface area (Å²) in [5.41, 5.74) is 1.32. The minimum atomic E-state index is -2.85. The molecule has 0 spiro atoms. The molecule has 2 aromatic rings. The van der Waals surface area contributed by atoms with E-state index in [-0.39, 0.29) is 17.4 Å². The maximum atomic E-state index is 11.5. The molecule has 0 bridgehead atoms. The zero-order valence-electron chi connectivity index (χ0n) is 11.8. The molecule has 2 aromatic heterocycles. The maximum Gasteiger partial charge on any atom is 0.226 e. The van der Waals surface area contributed by atoms with Crippen molar-refractivity contribution in [1.29, 1.82) is 0 Å². The molecule has 1 fully saturated rings. The molecule has 1 aliphatic rings. The number of imidazole rings is 1. The van der Waals surface area contributed by atoms with Gasteiger partial charge in [0.2, 0.25) is 5.95 Å². The molecule has 3 rings (SSSR count). The Kier molecular flexibility index (Phi) is 3.66. The first-order chi connectivity index (χ1) is 10.1. The summed E-state index contributed by atoms with van der Waals surface area (Å²) in [5, 5.41) is 6.28. The first-order valence-electron chi connectivity index (χ1n) is 6.96. The zero-order valence-corrected chi connectivity index (χ0v) is 12.6. The fourth-order valence-electron chi connectivity index (χ4n) is 2.47. The molecule has 1 unspecified atom stereocenters. The number of nitrogens with zero attached hydrogens (tertiary/aromatic N) is 3. The van der Waals surface area contributed by atoms with Crippen LogP contribution in [-0.4, -0.2) is 52.9 Å². The van der Waals surface area contributed by atoms with E-state index in [1.165, 1.54) is 0 Å². The SMILES string of the molecule is CCNc1nc(NCC2CCS(=O)(=O)C2)c2[nH]cnc2n1. The number of aromatic amines is 1. The molecule has 1 saturated heterocycles. The summed E-state index contributed by atoms with van der Waals surface area (Å²) in [6, 6.07) is 0. The van der Waals surface area contributed by atoms with Crippen molar-refractivity contribution in [2.75, 3.05) is 35.2 Å². The fraction of sp³-hybridized carbons (Fsp3) is 0.583. The van der Waals surface area contributed by atoms with Gasteiger partial charge >= 0.3 is 0 Å². The van der Waals surface area contributed by atoms with Gasteiger partial charge in [-0.25, -0.2) is 13.4 Å². The third-order valence-electron chi connectivity index (χ3n) is 3.51. The van der Waals surface area contributed by atoms with Crippen LogP contribution in [-0.2, 0) is 9.84 Å². The van der Waals surface area contributed by atoms with E-state index >= 15 is 0 Å². The predicted molar refractivity (Wildman–Crippen MR) is 81.1 cm³/mol. The van der Waals surface area contributed by atoms with Crippen LogP contribution in [0.3, 0.4) is 0 Å². The van der Waals surface area contributed by atoms with Crippen LogP contribution in [0.2, 0.25) is 0 Å². The number of nitrogens with one attached hydrogen (secondary N) is 3. The standard InChI is InChI=1S/C12H18N6O2S/c1-2-13-12-17-10(9-11(18-12)16-7-15-9)14-5-8-3-4-21(19,20)6-8/h7-8H,2-6H2,1H3,(H3,13,14,15,16,17,18). The molecule has 0 radical (unpaired) electrons. The Bertz CT molecular complexity index is 741. The zero-order chi connectivity index (χ0) is 14.9. The molecule has 9 heteroatoms. The van der Waals surface area contributed by atoms with Gasteiger partial charge in [0, 0.05) is 13.1 Å². The molecule has 3 heterocycles. The number of H-pyrrole nitrogens is 1. The molecule has 1 aliphatic heterocycles. The number of hydrogen-bond acceptors (Lipinski definition) is 7. The largest absolute Gasteiger partial charge is 0.368 e. The van der Waals surface area contributed by atoms with Crippen LogP contribution in [0.1, 0.15) is 13.3 Å². The summed E-state index contributed by atoms with van der Waals surface area (Å²) < 4.78 is 23.0. The van der Waals surface area contributed by atoms with Crippen LogP contribution in [0.4, 0.5) is 11.8 Å². The Balaban J connectivity index is 1.78. The monoisotopic (exact) mass is 310 g/mol. The van der Waals surface area contributed by atoms with Crippen molar-refractivity contribution in [2.24, 2.45) is 5.92 Å². The van der Waals surface area contributed by atoms with Crippen LogP contribution in [0, 0.1) is 5.92 Å². The first kappa shape index (κ1) is 14.1. The van der Waals surface area contributed by atoms with Crippen LogP contribution in [0.25, 0.3) is 11.2 Å². The van der Waals surface area contributed by atoms with E-state index in [1.807, 2.05) is 6.92 Å². The molecule has 21 heavy (non-hydrogen) atoms. The van der Waals surface area contributed by atoms with E-state index in [2.05, 4.69) is 30.6 Å². The van der Waals surface area contributed by atoms with Crippen molar-refractivity contribution < 1.29 is 8.42 Å². The lowest BCUT2D eigenvalue weighted by Gasteiger charge is -2.11. The minimum absolute atomic E-state index is 0.130. The van der Waals surface area contributed by atoms with E-state index in [0.29, 0.717) is 30.4 Å². The fourth-order valence-corrected chi connectivity index (χ4v) is 4.33. The Morgan fingerprint density at radius 1 is 1.38 bits per heavy atom. The van der Waals surface area contributed by atoms with Gasteiger partial charge in [0.05, 0.1) is 17.8 Å². The van der Waals surface area contributed by atoms with E-state index in [9.17, 15) is 8.42 Å². The van der Waals surface area contributed by atoms with E-state index in [4.69, 9.17) is 0 Å². The highest BCUT2D eigenvalue weighted by atomic mass is 32.2. The molecule has 1 atom stereocenters. The second-order valence-corrected chi connectivity index (χ2v) is 7.41. The van der Waals surface area contributed by atoms with E-state index < -0.39 is 9.84 Å². The maximum absolute atomic E-state index is 11.5. The summed E-state index contributed by atoms with van der Waals surface area (Å²) in [4.78, 5) is 15.8. The number of hydrogen-bond donors (Lipinski definition) is 3. The van der Waals surface area contributed by atoms with Gasteiger partial charge in [-0.1, -0.05) is 0 Å². The van der Waals surface area contributed by atoms with Gasteiger partial charge in [-0.2, -0.15) is 9.97 Å². The third kappa shape index (κ3) is 3.07. The van der Waals surface area contributed by atoms with E-state index in [1.54, 1.807) is 6.33 Å². The van der Waals surface area contributed by atoms with Crippen molar-refractivity contribution in [3.8, 4) is 0 Å². The van der Waals surface area contributed by atoms with Gasteiger partial charge in [-0.3, -0.25) is 0 Å². The third-order valence-corrected chi connectivity index (χ3v) is 5.34. The topological polar surface area (TPSA) is 113 Å². The summed E-state index contributed by atoms with van der Waals surface area (Å²) in [6.07, 6.45) is 2.27. The molecule has 3 N–H and O–H groups in total. The average molecular weight is 310 g/mol. The number of sulfone groups is 1. The highest BCUT2D eigenvalue weighted by Gasteiger charge is 2.27. The van der Waals surface area contributed by atoms with Crippen molar-refractivity contribution in [3.05, 3.63) is 6.33 Å². The Morgan fingerprint density at radius 3 is 2.95 bits per heavy atom. The second-order valence-electron chi connectivity index (χ2n) is 5.18.